The lowest BCUT2D eigenvalue weighted by atomic mass is 9.65. The molecule has 2 aromatic rings. The molecule has 1 heterocycles. The molecule has 0 aliphatic heterocycles. The van der Waals surface area contributed by atoms with Gasteiger partial charge in [0.15, 0.2) is 11.6 Å². The third-order valence-corrected chi connectivity index (χ3v) is 6.66. The topological polar surface area (TPSA) is 180 Å². The Bertz CT molecular complexity index is 1160. The van der Waals surface area contributed by atoms with Crippen molar-refractivity contribution >= 4 is 41.0 Å². The average molecular weight is 491 g/mol. The van der Waals surface area contributed by atoms with Crippen molar-refractivity contribution in [3.8, 4) is 5.75 Å². The third kappa shape index (κ3) is 5.57. The van der Waals surface area contributed by atoms with Crippen LogP contribution in [0.1, 0.15) is 45.8 Å². The summed E-state index contributed by atoms with van der Waals surface area (Å²) in [6.07, 6.45) is 1.22. The molecule has 1 aliphatic carbocycles. The molecule has 1 unspecified atom stereocenters. The standard InChI is InChI=1S/C22H22FN3O7S/c23-13-8-11(18(24)25)2-4-15(13)33-20(31)16-5-3-12(34-16)10-22(6-1-7-22)21(32)26-14(19(29)30)9-17(27)28/h2-5,8,14H,1,6-7,9-10H2,(H3,24,25)(H,26,32)(H,27,28)(H,29,30). The van der Waals surface area contributed by atoms with Crippen molar-refractivity contribution in [3.63, 3.8) is 0 Å². The number of ether oxygens (including phenoxy) is 1. The number of esters is 1. The first-order valence-electron chi connectivity index (χ1n) is 10.2. The number of thiophene rings is 1. The second-order valence-electron chi connectivity index (χ2n) is 7.99. The third-order valence-electron chi connectivity index (χ3n) is 5.60. The van der Waals surface area contributed by atoms with Gasteiger partial charge in [0.05, 0.1) is 11.8 Å². The Hall–Kier alpha value is -3.80. The molecule has 34 heavy (non-hydrogen) atoms. The number of hydrogen-bond donors (Lipinski definition) is 5. The Labute approximate surface area is 197 Å². The van der Waals surface area contributed by atoms with E-state index in [9.17, 15) is 28.7 Å². The van der Waals surface area contributed by atoms with Crippen molar-refractivity contribution in [3.05, 3.63) is 51.5 Å². The summed E-state index contributed by atoms with van der Waals surface area (Å²) in [5, 5.41) is 27.7. The predicted octanol–water partition coefficient (Wildman–Crippen LogP) is 2.15. The molecule has 6 N–H and O–H groups in total. The first-order chi connectivity index (χ1) is 16.0. The van der Waals surface area contributed by atoms with Gasteiger partial charge in [-0.25, -0.2) is 14.0 Å². The van der Waals surface area contributed by atoms with Crippen LogP contribution >= 0.6 is 11.3 Å². The summed E-state index contributed by atoms with van der Waals surface area (Å²) in [6, 6.07) is 5.11. The van der Waals surface area contributed by atoms with Crippen molar-refractivity contribution < 1.29 is 38.5 Å². The Balaban J connectivity index is 1.68. The van der Waals surface area contributed by atoms with Crippen LogP contribution in [0.3, 0.4) is 0 Å². The summed E-state index contributed by atoms with van der Waals surface area (Å²) < 4.78 is 19.2. The Kier molecular flexibility index (Phi) is 7.30. The number of aliphatic carboxylic acids is 2. The van der Waals surface area contributed by atoms with Gasteiger partial charge in [0.25, 0.3) is 0 Å². The van der Waals surface area contributed by atoms with E-state index in [1.807, 2.05) is 0 Å². The van der Waals surface area contributed by atoms with Gasteiger partial charge in [-0.1, -0.05) is 6.42 Å². The number of rotatable bonds is 10. The Morgan fingerprint density at radius 2 is 1.91 bits per heavy atom. The second-order valence-corrected chi connectivity index (χ2v) is 9.16. The molecule has 1 fully saturated rings. The van der Waals surface area contributed by atoms with E-state index >= 15 is 0 Å². The highest BCUT2D eigenvalue weighted by molar-refractivity contribution is 7.14. The normalized spacial score (nSPS) is 15.0. The first kappa shape index (κ1) is 24.8. The minimum atomic E-state index is -1.54. The largest absolute Gasteiger partial charge is 0.481 e. The Morgan fingerprint density at radius 1 is 1.21 bits per heavy atom. The lowest BCUT2D eigenvalue weighted by Crippen LogP contribution is -2.52. The summed E-state index contributed by atoms with van der Waals surface area (Å²) >= 11 is 1.06. The molecule has 0 saturated heterocycles. The zero-order valence-electron chi connectivity index (χ0n) is 17.8. The number of amidine groups is 1. The maximum atomic E-state index is 14.1. The lowest BCUT2D eigenvalue weighted by molar-refractivity contribution is -0.149. The summed E-state index contributed by atoms with van der Waals surface area (Å²) in [5.41, 5.74) is 4.56. The van der Waals surface area contributed by atoms with Gasteiger partial charge in [-0.3, -0.25) is 15.0 Å². The maximum absolute atomic E-state index is 14.1. The molecular weight excluding hydrogens is 469 g/mol. The number of nitrogens with one attached hydrogen (secondary N) is 2. The lowest BCUT2D eigenvalue weighted by Gasteiger charge is -2.40. The van der Waals surface area contributed by atoms with Gasteiger partial charge in [-0.15, -0.1) is 11.3 Å². The Morgan fingerprint density at radius 3 is 2.44 bits per heavy atom. The summed E-state index contributed by atoms with van der Waals surface area (Å²) in [5.74, 6) is -5.62. The number of hydrogen-bond acceptors (Lipinski definition) is 7. The van der Waals surface area contributed by atoms with E-state index in [4.69, 9.17) is 21.0 Å². The van der Waals surface area contributed by atoms with Crippen LogP contribution in [0.15, 0.2) is 30.3 Å². The quantitative estimate of drug-likeness (QED) is 0.145. The van der Waals surface area contributed by atoms with Crippen molar-refractivity contribution in [1.82, 2.24) is 5.32 Å². The number of nitrogen functional groups attached to an aromatic ring is 1. The summed E-state index contributed by atoms with van der Waals surface area (Å²) in [6.45, 7) is 0. The SMILES string of the molecule is N=C(N)c1ccc(OC(=O)c2ccc(CC3(C(=O)NC(CC(=O)O)C(=O)O)CCC3)s2)c(F)c1. The number of carboxylic acids is 2. The van der Waals surface area contributed by atoms with E-state index in [-0.39, 0.29) is 28.4 Å². The van der Waals surface area contributed by atoms with Crippen LogP contribution in [-0.2, 0) is 20.8 Å². The first-order valence-corrected chi connectivity index (χ1v) is 11.0. The molecule has 1 atom stereocenters. The molecule has 1 aliphatic rings. The van der Waals surface area contributed by atoms with E-state index in [1.54, 1.807) is 6.07 Å². The van der Waals surface area contributed by atoms with Crippen molar-refractivity contribution in [1.29, 1.82) is 5.41 Å². The van der Waals surface area contributed by atoms with Gasteiger partial charge in [0.2, 0.25) is 5.91 Å². The second kappa shape index (κ2) is 10.00. The van der Waals surface area contributed by atoms with E-state index < -0.39 is 47.5 Å². The van der Waals surface area contributed by atoms with Gasteiger partial charge in [0.1, 0.15) is 16.8 Å². The van der Waals surface area contributed by atoms with Crippen molar-refractivity contribution in [2.45, 2.75) is 38.1 Å². The fourth-order valence-electron chi connectivity index (χ4n) is 3.59. The summed E-state index contributed by atoms with van der Waals surface area (Å²) in [4.78, 5) is 48.3. The number of halogens is 1. The van der Waals surface area contributed by atoms with Gasteiger partial charge in [-0.05, 0) is 49.6 Å². The molecule has 10 nitrogen and oxygen atoms in total. The van der Waals surface area contributed by atoms with E-state index in [2.05, 4.69) is 5.32 Å². The monoisotopic (exact) mass is 491 g/mol. The molecular formula is C22H22FN3O7S. The summed E-state index contributed by atoms with van der Waals surface area (Å²) in [7, 11) is 0. The van der Waals surface area contributed by atoms with Crippen LogP contribution < -0.4 is 15.8 Å². The molecule has 1 saturated carbocycles. The van der Waals surface area contributed by atoms with Crippen molar-refractivity contribution in [2.75, 3.05) is 0 Å². The van der Waals surface area contributed by atoms with E-state index in [1.165, 1.54) is 18.2 Å². The number of nitrogens with two attached hydrogens (primary N) is 1. The number of benzene rings is 1. The van der Waals surface area contributed by atoms with Gasteiger partial charge < -0.3 is 26.0 Å². The average Bonchev–Trinajstić information content (AvgIpc) is 3.19. The molecule has 0 bridgehead atoms. The van der Waals surface area contributed by atoms with Crippen LogP contribution in [0, 0.1) is 16.6 Å². The van der Waals surface area contributed by atoms with Gasteiger partial charge in [0, 0.05) is 10.4 Å². The molecule has 0 spiro atoms. The van der Waals surface area contributed by atoms with Crippen LogP contribution in [0.4, 0.5) is 4.39 Å². The van der Waals surface area contributed by atoms with Crippen molar-refractivity contribution in [2.24, 2.45) is 11.1 Å². The smallest absolute Gasteiger partial charge is 0.353 e. The number of amides is 1. The molecule has 180 valence electrons. The zero-order valence-corrected chi connectivity index (χ0v) is 18.6. The number of carbonyl (C=O) groups is 4. The van der Waals surface area contributed by atoms with Crippen LogP contribution in [0.2, 0.25) is 0 Å². The van der Waals surface area contributed by atoms with Crippen LogP contribution in [-0.4, -0.2) is 45.9 Å². The number of carboxylic acid groups (broad SMARTS) is 2. The van der Waals surface area contributed by atoms with E-state index in [0.717, 1.165) is 23.8 Å². The molecule has 1 aromatic heterocycles. The number of carbonyl (C=O) groups excluding carboxylic acids is 2. The molecule has 1 amide bonds. The van der Waals surface area contributed by atoms with E-state index in [0.29, 0.717) is 17.7 Å². The minimum absolute atomic E-state index is 0.147. The van der Waals surface area contributed by atoms with Crippen LogP contribution in [0.25, 0.3) is 0 Å². The fourth-order valence-corrected chi connectivity index (χ4v) is 4.62. The minimum Gasteiger partial charge on any atom is -0.481 e. The molecule has 12 heteroatoms. The zero-order chi connectivity index (χ0) is 25.0. The fraction of sp³-hybridized carbons (Fsp3) is 0.318. The predicted molar refractivity (Wildman–Crippen MR) is 119 cm³/mol. The highest BCUT2D eigenvalue weighted by Crippen LogP contribution is 2.45. The van der Waals surface area contributed by atoms with Gasteiger partial charge in [-0.2, -0.15) is 0 Å². The van der Waals surface area contributed by atoms with Crippen LogP contribution in [0.5, 0.6) is 5.75 Å². The molecule has 3 rings (SSSR count). The molecule has 1 aromatic carbocycles. The highest BCUT2D eigenvalue weighted by atomic mass is 32.1. The highest BCUT2D eigenvalue weighted by Gasteiger charge is 2.45. The maximum Gasteiger partial charge on any atom is 0.353 e. The van der Waals surface area contributed by atoms with Gasteiger partial charge >= 0.3 is 17.9 Å². The molecule has 0 radical (unpaired) electrons.